The Kier molecular flexibility index (Phi) is 8.20. The first-order chi connectivity index (χ1) is 10.1. The van der Waals surface area contributed by atoms with E-state index in [0.717, 1.165) is 19.5 Å². The lowest BCUT2D eigenvalue weighted by Gasteiger charge is -2.30. The second-order valence-electron chi connectivity index (χ2n) is 5.55. The molecule has 2 atom stereocenters. The molecule has 1 aliphatic heterocycles. The summed E-state index contributed by atoms with van der Waals surface area (Å²) < 4.78 is 18.4. The van der Waals surface area contributed by atoms with Gasteiger partial charge in [-0.05, 0) is 37.4 Å². The Labute approximate surface area is 137 Å². The summed E-state index contributed by atoms with van der Waals surface area (Å²) >= 11 is 0. The van der Waals surface area contributed by atoms with Gasteiger partial charge < -0.3 is 15.4 Å². The highest BCUT2D eigenvalue weighted by Crippen LogP contribution is 2.13. The predicted octanol–water partition coefficient (Wildman–Crippen LogP) is 2.52. The first-order valence-electron chi connectivity index (χ1n) is 7.53. The molecule has 0 radical (unpaired) electrons. The van der Waals surface area contributed by atoms with Crippen molar-refractivity contribution in [2.75, 3.05) is 19.7 Å². The van der Waals surface area contributed by atoms with E-state index in [9.17, 15) is 9.18 Å². The Hall–Kier alpha value is -1.33. The molecule has 124 valence electrons. The second kappa shape index (κ2) is 9.64. The van der Waals surface area contributed by atoms with Gasteiger partial charge in [-0.2, -0.15) is 0 Å². The Balaban J connectivity index is 0.00000242. The second-order valence-corrected chi connectivity index (χ2v) is 5.55. The Morgan fingerprint density at radius 1 is 1.50 bits per heavy atom. The van der Waals surface area contributed by atoms with Gasteiger partial charge in [0.15, 0.2) is 0 Å². The zero-order chi connectivity index (χ0) is 15.1. The molecule has 0 bridgehead atoms. The van der Waals surface area contributed by atoms with Crippen LogP contribution in [0.15, 0.2) is 24.3 Å². The third-order valence-corrected chi connectivity index (χ3v) is 3.79. The van der Waals surface area contributed by atoms with Gasteiger partial charge in [0.05, 0.1) is 6.61 Å². The van der Waals surface area contributed by atoms with E-state index in [0.29, 0.717) is 31.1 Å². The number of hydrogen-bond donors (Lipinski definition) is 2. The SMILES string of the molecule is CC1CCNCC1NC(=O)CCCOc1cccc(F)c1.Cl. The average molecular weight is 331 g/mol. The highest BCUT2D eigenvalue weighted by Gasteiger charge is 2.22. The fourth-order valence-corrected chi connectivity index (χ4v) is 2.44. The number of halogens is 2. The number of carbonyl (C=O) groups excluding carboxylic acids is 1. The zero-order valence-electron chi connectivity index (χ0n) is 12.8. The fourth-order valence-electron chi connectivity index (χ4n) is 2.44. The van der Waals surface area contributed by atoms with Crippen LogP contribution in [-0.4, -0.2) is 31.6 Å². The summed E-state index contributed by atoms with van der Waals surface area (Å²) in [5.74, 6) is 0.752. The fraction of sp³-hybridized carbons (Fsp3) is 0.562. The van der Waals surface area contributed by atoms with Gasteiger partial charge in [-0.25, -0.2) is 4.39 Å². The molecule has 1 saturated heterocycles. The van der Waals surface area contributed by atoms with Gasteiger partial charge in [0.25, 0.3) is 0 Å². The first-order valence-corrected chi connectivity index (χ1v) is 7.53. The molecule has 0 spiro atoms. The van der Waals surface area contributed by atoms with E-state index in [2.05, 4.69) is 17.6 Å². The van der Waals surface area contributed by atoms with Crippen LogP contribution in [0, 0.1) is 11.7 Å². The molecular formula is C16H24ClFN2O2. The van der Waals surface area contributed by atoms with Crippen molar-refractivity contribution in [2.24, 2.45) is 5.92 Å². The molecule has 1 aromatic rings. The number of amides is 1. The van der Waals surface area contributed by atoms with Gasteiger partial charge in [-0.3, -0.25) is 4.79 Å². The number of benzene rings is 1. The number of nitrogens with one attached hydrogen (secondary N) is 2. The molecule has 6 heteroatoms. The maximum atomic E-state index is 13.0. The summed E-state index contributed by atoms with van der Waals surface area (Å²) in [7, 11) is 0. The number of ether oxygens (including phenoxy) is 1. The van der Waals surface area contributed by atoms with E-state index in [4.69, 9.17) is 4.74 Å². The van der Waals surface area contributed by atoms with Crippen molar-refractivity contribution in [1.82, 2.24) is 10.6 Å². The highest BCUT2D eigenvalue weighted by molar-refractivity contribution is 5.85. The third kappa shape index (κ3) is 6.20. The lowest BCUT2D eigenvalue weighted by atomic mass is 9.95. The molecule has 0 aromatic heterocycles. The molecule has 2 unspecified atom stereocenters. The third-order valence-electron chi connectivity index (χ3n) is 3.79. The minimum Gasteiger partial charge on any atom is -0.493 e. The van der Waals surface area contributed by atoms with Crippen LogP contribution < -0.4 is 15.4 Å². The highest BCUT2D eigenvalue weighted by atomic mass is 35.5. The topological polar surface area (TPSA) is 50.4 Å². The van der Waals surface area contributed by atoms with Gasteiger partial charge in [-0.1, -0.05) is 13.0 Å². The van der Waals surface area contributed by atoms with Crippen LogP contribution in [0.1, 0.15) is 26.2 Å². The van der Waals surface area contributed by atoms with Crippen LogP contribution in [0.5, 0.6) is 5.75 Å². The van der Waals surface area contributed by atoms with Crippen molar-refractivity contribution in [3.63, 3.8) is 0 Å². The van der Waals surface area contributed by atoms with Gasteiger partial charge in [0, 0.05) is 25.1 Å². The quantitative estimate of drug-likeness (QED) is 0.788. The Morgan fingerprint density at radius 2 is 2.32 bits per heavy atom. The monoisotopic (exact) mass is 330 g/mol. The minimum atomic E-state index is -0.316. The zero-order valence-corrected chi connectivity index (χ0v) is 13.6. The van der Waals surface area contributed by atoms with E-state index in [-0.39, 0.29) is 30.2 Å². The summed E-state index contributed by atoms with van der Waals surface area (Å²) in [6, 6.07) is 6.25. The molecule has 2 rings (SSSR count). The first kappa shape index (κ1) is 18.7. The molecule has 1 amide bonds. The maximum Gasteiger partial charge on any atom is 0.220 e. The standard InChI is InChI=1S/C16H23FN2O2.ClH/c1-12-7-8-18-11-15(12)19-16(20)6-3-9-21-14-5-2-4-13(17)10-14;/h2,4-5,10,12,15,18H,3,6-9,11H2,1H3,(H,19,20);1H. The summed E-state index contributed by atoms with van der Waals surface area (Å²) in [5, 5.41) is 6.35. The maximum absolute atomic E-state index is 13.0. The van der Waals surface area contributed by atoms with E-state index < -0.39 is 0 Å². The van der Waals surface area contributed by atoms with Crippen LogP contribution in [0.3, 0.4) is 0 Å². The molecule has 1 fully saturated rings. The average Bonchev–Trinajstić information content (AvgIpc) is 2.46. The van der Waals surface area contributed by atoms with Crippen molar-refractivity contribution in [2.45, 2.75) is 32.2 Å². The molecule has 0 aliphatic carbocycles. The van der Waals surface area contributed by atoms with E-state index in [1.807, 2.05) is 0 Å². The molecule has 22 heavy (non-hydrogen) atoms. The van der Waals surface area contributed by atoms with Crippen LogP contribution >= 0.6 is 12.4 Å². The summed E-state index contributed by atoms with van der Waals surface area (Å²) in [4.78, 5) is 11.9. The number of hydrogen-bond acceptors (Lipinski definition) is 3. The number of rotatable bonds is 6. The Morgan fingerprint density at radius 3 is 3.05 bits per heavy atom. The van der Waals surface area contributed by atoms with Crippen LogP contribution in [-0.2, 0) is 4.79 Å². The molecule has 1 aromatic carbocycles. The van der Waals surface area contributed by atoms with E-state index in [1.54, 1.807) is 12.1 Å². The predicted molar refractivity (Wildman–Crippen MR) is 87.0 cm³/mol. The van der Waals surface area contributed by atoms with Crippen molar-refractivity contribution >= 4 is 18.3 Å². The van der Waals surface area contributed by atoms with E-state index in [1.165, 1.54) is 12.1 Å². The van der Waals surface area contributed by atoms with Crippen molar-refractivity contribution in [3.05, 3.63) is 30.1 Å². The smallest absolute Gasteiger partial charge is 0.220 e. The molecule has 1 heterocycles. The molecule has 1 aliphatic rings. The summed E-state index contributed by atoms with van der Waals surface area (Å²) in [5.41, 5.74) is 0. The number of piperidine rings is 1. The molecular weight excluding hydrogens is 307 g/mol. The molecule has 2 N–H and O–H groups in total. The summed E-state index contributed by atoms with van der Waals surface area (Å²) in [6.45, 7) is 4.44. The largest absolute Gasteiger partial charge is 0.493 e. The van der Waals surface area contributed by atoms with Crippen LogP contribution in [0.25, 0.3) is 0 Å². The van der Waals surface area contributed by atoms with Crippen LogP contribution in [0.4, 0.5) is 4.39 Å². The Bertz CT molecular complexity index is 473. The molecule has 0 saturated carbocycles. The molecule has 4 nitrogen and oxygen atoms in total. The van der Waals surface area contributed by atoms with E-state index >= 15 is 0 Å². The van der Waals surface area contributed by atoms with Gasteiger partial charge in [-0.15, -0.1) is 12.4 Å². The lowest BCUT2D eigenvalue weighted by Crippen LogP contribution is -2.50. The normalized spacial score (nSPS) is 20.8. The van der Waals surface area contributed by atoms with Gasteiger partial charge in [0.1, 0.15) is 11.6 Å². The van der Waals surface area contributed by atoms with Crippen molar-refractivity contribution in [3.8, 4) is 5.75 Å². The summed E-state index contributed by atoms with van der Waals surface area (Å²) in [6.07, 6.45) is 2.14. The van der Waals surface area contributed by atoms with Gasteiger partial charge in [0.2, 0.25) is 5.91 Å². The van der Waals surface area contributed by atoms with Gasteiger partial charge >= 0.3 is 0 Å². The minimum absolute atomic E-state index is 0. The number of carbonyl (C=O) groups is 1. The van der Waals surface area contributed by atoms with Crippen LogP contribution in [0.2, 0.25) is 0 Å². The lowest BCUT2D eigenvalue weighted by molar-refractivity contribution is -0.122. The van der Waals surface area contributed by atoms with Crippen molar-refractivity contribution < 1.29 is 13.9 Å². The van der Waals surface area contributed by atoms with Crippen molar-refractivity contribution in [1.29, 1.82) is 0 Å².